The van der Waals surface area contributed by atoms with Gasteiger partial charge in [0.25, 0.3) is 5.91 Å². The quantitative estimate of drug-likeness (QED) is 0.614. The highest BCUT2D eigenvalue weighted by Gasteiger charge is 2.31. The van der Waals surface area contributed by atoms with Crippen molar-refractivity contribution in [3.8, 4) is 0 Å². The average molecular weight is 450 g/mol. The van der Waals surface area contributed by atoms with Gasteiger partial charge < -0.3 is 14.5 Å². The highest BCUT2D eigenvalue weighted by atomic mass is 79.9. The summed E-state index contributed by atoms with van der Waals surface area (Å²) < 4.78 is 19.9. The number of piperidine rings is 1. The predicted molar refractivity (Wildman–Crippen MR) is 102 cm³/mol. The minimum Gasteiger partial charge on any atom is -0.444 e. The number of hydrogen-bond donors (Lipinski definition) is 0. The van der Waals surface area contributed by atoms with Crippen molar-refractivity contribution in [3.05, 3.63) is 33.0 Å². The average Bonchev–Trinajstić information content (AvgIpc) is 2.55. The lowest BCUT2D eigenvalue weighted by Gasteiger charge is -2.37. The van der Waals surface area contributed by atoms with Crippen molar-refractivity contribution < 1.29 is 18.7 Å². The van der Waals surface area contributed by atoms with Crippen LogP contribution in [0, 0.1) is 5.82 Å². The Morgan fingerprint density at radius 2 is 1.88 bits per heavy atom. The lowest BCUT2D eigenvalue weighted by molar-refractivity contribution is 0.0159. The first-order valence-electron chi connectivity index (χ1n) is 8.39. The van der Waals surface area contributed by atoms with Gasteiger partial charge in [-0.25, -0.2) is 9.18 Å². The molecule has 1 aliphatic heterocycles. The van der Waals surface area contributed by atoms with E-state index in [0.717, 1.165) is 0 Å². The second-order valence-corrected chi connectivity index (χ2v) is 8.62. The monoisotopic (exact) mass is 448 g/mol. The van der Waals surface area contributed by atoms with Crippen LogP contribution in [0.1, 0.15) is 44.0 Å². The Morgan fingerprint density at radius 1 is 1.31 bits per heavy atom. The molecule has 0 radical (unpaired) electrons. The molecule has 1 heterocycles. The van der Waals surface area contributed by atoms with Crippen LogP contribution in [-0.4, -0.2) is 53.6 Å². The molecule has 8 heteroatoms. The van der Waals surface area contributed by atoms with E-state index in [1.807, 2.05) is 20.8 Å². The second kappa shape index (κ2) is 8.13. The van der Waals surface area contributed by atoms with E-state index >= 15 is 0 Å². The number of ether oxygens (including phenoxy) is 1. The van der Waals surface area contributed by atoms with E-state index in [9.17, 15) is 14.0 Å². The van der Waals surface area contributed by atoms with Crippen LogP contribution in [-0.2, 0) is 4.74 Å². The highest BCUT2D eigenvalue weighted by molar-refractivity contribution is 9.10. The molecule has 0 aliphatic carbocycles. The molecule has 0 saturated carbocycles. The van der Waals surface area contributed by atoms with Gasteiger partial charge in [-0.3, -0.25) is 4.79 Å². The lowest BCUT2D eigenvalue weighted by Crippen LogP contribution is -2.48. The molecule has 5 nitrogen and oxygen atoms in total. The minimum absolute atomic E-state index is 0.0599. The topological polar surface area (TPSA) is 49.9 Å². The molecule has 1 fully saturated rings. The summed E-state index contributed by atoms with van der Waals surface area (Å²) in [6.07, 6.45) is 0.858. The number of carbonyl (C=O) groups excluding carboxylic acids is 2. The molecular formula is C18H23BrClFN2O3. The Kier molecular flexibility index (Phi) is 6.55. The maximum absolute atomic E-state index is 14.1. The van der Waals surface area contributed by atoms with Crippen LogP contribution < -0.4 is 0 Å². The molecular weight excluding hydrogens is 427 g/mol. The van der Waals surface area contributed by atoms with Gasteiger partial charge in [-0.2, -0.15) is 0 Å². The van der Waals surface area contributed by atoms with Gasteiger partial charge in [0.1, 0.15) is 11.4 Å². The molecule has 2 rings (SSSR count). The summed E-state index contributed by atoms with van der Waals surface area (Å²) in [5.74, 6) is -1.04. The Hall–Kier alpha value is -1.34. The molecule has 0 aromatic heterocycles. The SMILES string of the molecule is CN(C(=O)c1cc(Cl)c(Br)cc1F)C1CCN(C(=O)OC(C)(C)C)CC1. The van der Waals surface area contributed by atoms with E-state index in [0.29, 0.717) is 30.4 Å². The first kappa shape index (κ1) is 21.0. The minimum atomic E-state index is -0.621. The number of benzene rings is 1. The maximum atomic E-state index is 14.1. The Morgan fingerprint density at radius 3 is 2.42 bits per heavy atom. The van der Waals surface area contributed by atoms with Crippen LogP contribution >= 0.6 is 27.5 Å². The van der Waals surface area contributed by atoms with E-state index in [2.05, 4.69) is 15.9 Å². The number of likely N-dealkylation sites (tertiary alicyclic amines) is 1. The van der Waals surface area contributed by atoms with Crippen molar-refractivity contribution >= 4 is 39.5 Å². The maximum Gasteiger partial charge on any atom is 0.410 e. The van der Waals surface area contributed by atoms with Gasteiger partial charge in [-0.05, 0) is 61.7 Å². The third kappa shape index (κ3) is 5.10. The standard InChI is InChI=1S/C18H23BrClFN2O3/c1-18(2,3)26-17(25)23-7-5-11(6-8-23)22(4)16(24)12-9-14(20)13(19)10-15(12)21/h9-11H,5-8H2,1-4H3. The van der Waals surface area contributed by atoms with Crippen molar-refractivity contribution in [2.75, 3.05) is 20.1 Å². The van der Waals surface area contributed by atoms with Gasteiger partial charge in [0.15, 0.2) is 0 Å². The smallest absolute Gasteiger partial charge is 0.410 e. The summed E-state index contributed by atoms with van der Waals surface area (Å²) in [6.45, 7) is 6.44. The molecule has 0 atom stereocenters. The number of nitrogens with zero attached hydrogens (tertiary/aromatic N) is 2. The van der Waals surface area contributed by atoms with E-state index in [1.54, 1.807) is 11.9 Å². The Labute approximate surface area is 166 Å². The molecule has 144 valence electrons. The van der Waals surface area contributed by atoms with Crippen LogP contribution in [0.25, 0.3) is 0 Å². The lowest BCUT2D eigenvalue weighted by atomic mass is 10.0. The summed E-state index contributed by atoms with van der Waals surface area (Å²) in [5.41, 5.74) is -0.603. The van der Waals surface area contributed by atoms with Crippen molar-refractivity contribution in [1.29, 1.82) is 0 Å². The normalized spacial score (nSPS) is 15.7. The fourth-order valence-electron chi connectivity index (χ4n) is 2.80. The zero-order valence-corrected chi connectivity index (χ0v) is 17.7. The number of carbonyl (C=O) groups is 2. The number of hydrogen-bond acceptors (Lipinski definition) is 3. The molecule has 0 spiro atoms. The van der Waals surface area contributed by atoms with Gasteiger partial charge >= 0.3 is 6.09 Å². The predicted octanol–water partition coefficient (Wildman–Crippen LogP) is 4.71. The number of rotatable bonds is 2. The van der Waals surface area contributed by atoms with Crippen LogP contribution in [0.15, 0.2) is 16.6 Å². The molecule has 2 amide bonds. The summed E-state index contributed by atoms with van der Waals surface area (Å²) >= 11 is 9.12. The summed E-state index contributed by atoms with van der Waals surface area (Å²) in [4.78, 5) is 27.9. The van der Waals surface area contributed by atoms with Crippen molar-refractivity contribution in [2.24, 2.45) is 0 Å². The molecule has 1 aliphatic rings. The van der Waals surface area contributed by atoms with Crippen LogP contribution in [0.3, 0.4) is 0 Å². The zero-order chi connectivity index (χ0) is 19.6. The van der Waals surface area contributed by atoms with Crippen LogP contribution in [0.4, 0.5) is 9.18 Å². The second-order valence-electron chi connectivity index (χ2n) is 7.36. The first-order valence-corrected chi connectivity index (χ1v) is 9.56. The number of halogens is 3. The van der Waals surface area contributed by atoms with Gasteiger partial charge in [0.2, 0.25) is 0 Å². The Bertz CT molecular complexity index is 700. The van der Waals surface area contributed by atoms with Gasteiger partial charge in [-0.1, -0.05) is 11.6 Å². The third-order valence-corrected chi connectivity index (χ3v) is 5.42. The van der Waals surface area contributed by atoms with Crippen LogP contribution in [0.5, 0.6) is 0 Å². The van der Waals surface area contributed by atoms with E-state index in [4.69, 9.17) is 16.3 Å². The molecule has 0 unspecified atom stereocenters. The first-order chi connectivity index (χ1) is 12.0. The van der Waals surface area contributed by atoms with E-state index in [-0.39, 0.29) is 22.7 Å². The Balaban J connectivity index is 2.00. The molecule has 0 N–H and O–H groups in total. The zero-order valence-electron chi connectivity index (χ0n) is 15.3. The summed E-state index contributed by atoms with van der Waals surface area (Å²) in [7, 11) is 1.64. The third-order valence-electron chi connectivity index (χ3n) is 4.22. The van der Waals surface area contributed by atoms with Crippen molar-refractivity contribution in [3.63, 3.8) is 0 Å². The van der Waals surface area contributed by atoms with E-state index < -0.39 is 17.3 Å². The molecule has 1 aromatic carbocycles. The van der Waals surface area contributed by atoms with Gasteiger partial charge in [0.05, 0.1) is 10.6 Å². The largest absolute Gasteiger partial charge is 0.444 e. The fourth-order valence-corrected chi connectivity index (χ4v) is 3.28. The summed E-state index contributed by atoms with van der Waals surface area (Å²) in [5, 5.41) is 0.280. The fraction of sp³-hybridized carbons (Fsp3) is 0.556. The van der Waals surface area contributed by atoms with Crippen LogP contribution in [0.2, 0.25) is 5.02 Å². The highest BCUT2D eigenvalue weighted by Crippen LogP contribution is 2.27. The summed E-state index contributed by atoms with van der Waals surface area (Å²) in [6, 6.07) is 2.44. The van der Waals surface area contributed by atoms with Crippen molar-refractivity contribution in [1.82, 2.24) is 9.80 Å². The van der Waals surface area contributed by atoms with Gasteiger partial charge in [-0.15, -0.1) is 0 Å². The van der Waals surface area contributed by atoms with Gasteiger partial charge in [0, 0.05) is 30.7 Å². The molecule has 1 aromatic rings. The molecule has 1 saturated heterocycles. The van der Waals surface area contributed by atoms with E-state index in [1.165, 1.54) is 17.0 Å². The molecule has 26 heavy (non-hydrogen) atoms. The number of amides is 2. The van der Waals surface area contributed by atoms with Crippen molar-refractivity contribution in [2.45, 2.75) is 45.3 Å². The molecule has 0 bridgehead atoms.